The molecule has 2 aliphatic heterocycles. The lowest BCUT2D eigenvalue weighted by atomic mass is 9.83. The van der Waals surface area contributed by atoms with Crippen LogP contribution < -0.4 is 20.7 Å². The first-order valence-electron chi connectivity index (χ1n) is 10.4. The Kier molecular flexibility index (Phi) is 5.37. The summed E-state index contributed by atoms with van der Waals surface area (Å²) >= 11 is 0. The predicted molar refractivity (Wildman–Crippen MR) is 113 cm³/mol. The second-order valence-corrected chi connectivity index (χ2v) is 7.95. The monoisotopic (exact) mass is 411 g/mol. The van der Waals surface area contributed by atoms with E-state index in [1.807, 2.05) is 12.1 Å². The molecule has 0 aliphatic carbocycles. The summed E-state index contributed by atoms with van der Waals surface area (Å²) in [7, 11) is 0. The Morgan fingerprint density at radius 2 is 2.00 bits per heavy atom. The van der Waals surface area contributed by atoms with Gasteiger partial charge in [0.1, 0.15) is 17.2 Å². The normalized spacial score (nSPS) is 19.0. The number of ether oxygens (including phenoxy) is 1. The van der Waals surface area contributed by atoms with Crippen molar-refractivity contribution in [1.29, 1.82) is 0 Å². The van der Waals surface area contributed by atoms with Crippen LogP contribution >= 0.6 is 0 Å². The lowest BCUT2D eigenvalue weighted by Gasteiger charge is -2.41. The summed E-state index contributed by atoms with van der Waals surface area (Å²) in [6.07, 6.45) is 3.28. The van der Waals surface area contributed by atoms with E-state index in [0.29, 0.717) is 36.3 Å². The number of hydrogen-bond acceptors (Lipinski definition) is 3. The number of anilines is 2. The summed E-state index contributed by atoms with van der Waals surface area (Å²) in [5.41, 5.74) is 2.58. The Labute approximate surface area is 175 Å². The lowest BCUT2D eigenvalue weighted by molar-refractivity contribution is -0.116. The number of carbonyl (C=O) groups is 2. The molecule has 0 radical (unpaired) electrons. The molecule has 6 nitrogen and oxygen atoms in total. The third-order valence-corrected chi connectivity index (χ3v) is 6.11. The zero-order valence-corrected chi connectivity index (χ0v) is 17.2. The van der Waals surface area contributed by atoms with Gasteiger partial charge in [-0.3, -0.25) is 4.79 Å². The van der Waals surface area contributed by atoms with Gasteiger partial charge < -0.3 is 20.7 Å². The fourth-order valence-electron chi connectivity index (χ4n) is 4.23. The average molecular weight is 411 g/mol. The van der Waals surface area contributed by atoms with E-state index in [9.17, 15) is 14.0 Å². The van der Waals surface area contributed by atoms with Crippen molar-refractivity contribution in [2.24, 2.45) is 0 Å². The topological polar surface area (TPSA) is 79.5 Å². The summed E-state index contributed by atoms with van der Waals surface area (Å²) in [5.74, 6) is 0.212. The average Bonchev–Trinajstić information content (AvgIpc) is 2.73. The van der Waals surface area contributed by atoms with E-state index in [-0.39, 0.29) is 23.8 Å². The van der Waals surface area contributed by atoms with Gasteiger partial charge in [-0.1, -0.05) is 19.9 Å². The molecule has 1 atom stereocenters. The van der Waals surface area contributed by atoms with E-state index in [2.05, 4.69) is 29.8 Å². The molecule has 2 aromatic rings. The Balaban J connectivity index is 1.53. The van der Waals surface area contributed by atoms with Gasteiger partial charge in [0.15, 0.2) is 0 Å². The highest BCUT2D eigenvalue weighted by atomic mass is 19.1. The van der Waals surface area contributed by atoms with Gasteiger partial charge in [0.05, 0.1) is 6.04 Å². The first-order chi connectivity index (χ1) is 14.4. The number of aryl methyl sites for hydroxylation is 1. The number of hydrogen-bond donors (Lipinski definition) is 3. The first-order valence-corrected chi connectivity index (χ1v) is 10.4. The maximum atomic E-state index is 13.9. The van der Waals surface area contributed by atoms with Crippen molar-refractivity contribution in [3.8, 4) is 5.75 Å². The van der Waals surface area contributed by atoms with E-state index in [1.165, 1.54) is 12.1 Å². The molecule has 158 valence electrons. The molecule has 2 aliphatic rings. The van der Waals surface area contributed by atoms with Gasteiger partial charge in [-0.15, -0.1) is 0 Å². The number of benzene rings is 2. The van der Waals surface area contributed by atoms with Crippen LogP contribution in [0, 0.1) is 5.82 Å². The third kappa shape index (κ3) is 3.97. The second-order valence-electron chi connectivity index (χ2n) is 7.95. The fraction of sp³-hybridized carbons (Fsp3) is 0.391. The van der Waals surface area contributed by atoms with Gasteiger partial charge in [-0.2, -0.15) is 0 Å². The maximum Gasteiger partial charge on any atom is 0.319 e. The van der Waals surface area contributed by atoms with E-state index in [0.717, 1.165) is 24.1 Å². The van der Waals surface area contributed by atoms with Gasteiger partial charge in [-0.25, -0.2) is 9.18 Å². The molecule has 2 aromatic carbocycles. The number of nitrogens with one attached hydrogen (secondary N) is 3. The summed E-state index contributed by atoms with van der Waals surface area (Å²) in [6, 6.07) is 9.14. The molecule has 0 aromatic heterocycles. The number of rotatable bonds is 4. The second kappa shape index (κ2) is 7.97. The van der Waals surface area contributed by atoms with Crippen LogP contribution in [0.5, 0.6) is 5.75 Å². The van der Waals surface area contributed by atoms with E-state index < -0.39 is 5.60 Å². The zero-order valence-electron chi connectivity index (χ0n) is 17.2. The van der Waals surface area contributed by atoms with Gasteiger partial charge >= 0.3 is 6.03 Å². The highest BCUT2D eigenvalue weighted by Gasteiger charge is 2.39. The van der Waals surface area contributed by atoms with Crippen molar-refractivity contribution in [2.45, 2.75) is 57.6 Å². The molecule has 7 heteroatoms. The minimum absolute atomic E-state index is 0.0274. The quantitative estimate of drug-likeness (QED) is 0.668. The van der Waals surface area contributed by atoms with Crippen LogP contribution in [-0.2, 0) is 11.2 Å². The number of fused-ring (bicyclic) bond motifs is 2. The van der Waals surface area contributed by atoms with Crippen LogP contribution in [0.4, 0.5) is 20.6 Å². The Bertz CT molecular complexity index is 988. The lowest BCUT2D eigenvalue weighted by Crippen LogP contribution is -2.45. The molecule has 0 saturated heterocycles. The highest BCUT2D eigenvalue weighted by Crippen LogP contribution is 2.43. The number of carbonyl (C=O) groups excluding carboxylic acids is 2. The Hall–Kier alpha value is -3.09. The van der Waals surface area contributed by atoms with Crippen LogP contribution in [0.3, 0.4) is 0 Å². The standard InChI is InChI=1S/C23H26FN3O3/c1-3-23(4-2)13-19(17-11-15(24)7-9-20(17)30-23)27-22(29)25-16-8-5-14-6-10-21(28)26-18(14)12-16/h5,7-9,11-12,19H,3-4,6,10,13H2,1-2H3,(H,26,28)(H2,25,27,29)/t19-/m1/s1. The minimum Gasteiger partial charge on any atom is -0.487 e. The molecule has 0 fully saturated rings. The van der Waals surface area contributed by atoms with Crippen molar-refractivity contribution in [1.82, 2.24) is 5.32 Å². The van der Waals surface area contributed by atoms with Crippen molar-refractivity contribution >= 4 is 23.3 Å². The molecular formula is C23H26FN3O3. The van der Waals surface area contributed by atoms with Crippen molar-refractivity contribution < 1.29 is 18.7 Å². The molecular weight excluding hydrogens is 385 g/mol. The number of amides is 3. The van der Waals surface area contributed by atoms with Crippen LogP contribution in [0.15, 0.2) is 36.4 Å². The molecule has 0 spiro atoms. The third-order valence-electron chi connectivity index (χ3n) is 6.11. The Morgan fingerprint density at radius 1 is 1.20 bits per heavy atom. The van der Waals surface area contributed by atoms with Gasteiger partial charge in [0.2, 0.25) is 5.91 Å². The Morgan fingerprint density at radius 3 is 2.77 bits per heavy atom. The van der Waals surface area contributed by atoms with Crippen molar-refractivity contribution in [3.63, 3.8) is 0 Å². The van der Waals surface area contributed by atoms with Gasteiger partial charge in [0.25, 0.3) is 0 Å². The van der Waals surface area contributed by atoms with E-state index >= 15 is 0 Å². The zero-order chi connectivity index (χ0) is 21.3. The summed E-state index contributed by atoms with van der Waals surface area (Å²) in [4.78, 5) is 24.4. The summed E-state index contributed by atoms with van der Waals surface area (Å²) < 4.78 is 20.1. The predicted octanol–water partition coefficient (Wildman–Crippen LogP) is 4.91. The maximum absolute atomic E-state index is 13.9. The smallest absolute Gasteiger partial charge is 0.319 e. The van der Waals surface area contributed by atoms with Crippen LogP contribution in [0.1, 0.15) is 56.7 Å². The van der Waals surface area contributed by atoms with Crippen LogP contribution in [-0.4, -0.2) is 17.5 Å². The summed E-state index contributed by atoms with van der Waals surface area (Å²) in [6.45, 7) is 4.10. The molecule has 2 heterocycles. The van der Waals surface area contributed by atoms with Gasteiger partial charge in [-0.05, 0) is 55.2 Å². The van der Waals surface area contributed by atoms with Crippen molar-refractivity contribution in [2.75, 3.05) is 10.6 Å². The molecule has 0 bridgehead atoms. The molecule has 30 heavy (non-hydrogen) atoms. The van der Waals surface area contributed by atoms with E-state index in [1.54, 1.807) is 12.1 Å². The number of urea groups is 1. The molecule has 0 saturated carbocycles. The number of halogens is 1. The first kappa shape index (κ1) is 20.2. The molecule has 0 unspecified atom stereocenters. The SMILES string of the molecule is CCC1(CC)C[C@@H](NC(=O)Nc2ccc3c(c2)NC(=O)CC3)c2cc(F)ccc2O1. The minimum atomic E-state index is -0.404. The van der Waals surface area contributed by atoms with E-state index in [4.69, 9.17) is 4.74 Å². The van der Waals surface area contributed by atoms with Crippen LogP contribution in [0.2, 0.25) is 0 Å². The van der Waals surface area contributed by atoms with Gasteiger partial charge in [0, 0.05) is 29.8 Å². The molecule has 3 N–H and O–H groups in total. The fourth-order valence-corrected chi connectivity index (χ4v) is 4.23. The molecule has 4 rings (SSSR count). The van der Waals surface area contributed by atoms with Crippen molar-refractivity contribution in [3.05, 3.63) is 53.3 Å². The van der Waals surface area contributed by atoms with Crippen LogP contribution in [0.25, 0.3) is 0 Å². The molecule has 3 amide bonds. The largest absolute Gasteiger partial charge is 0.487 e. The summed E-state index contributed by atoms with van der Waals surface area (Å²) in [5, 5.41) is 8.64. The highest BCUT2D eigenvalue weighted by molar-refractivity contribution is 5.96.